The molecule has 1 atom stereocenters. The van der Waals surface area contributed by atoms with E-state index in [4.69, 9.17) is 10.8 Å². The van der Waals surface area contributed by atoms with E-state index in [0.29, 0.717) is 5.92 Å². The van der Waals surface area contributed by atoms with E-state index in [1.54, 1.807) is 0 Å². The average molecular weight is 145 g/mol. The molecule has 10 heavy (non-hydrogen) atoms. The smallest absolute Gasteiger partial charge is 0.0431 e. The molecule has 2 heteroatoms. The van der Waals surface area contributed by atoms with Crippen molar-refractivity contribution < 1.29 is 5.11 Å². The molecule has 0 saturated carbocycles. The highest BCUT2D eigenvalue weighted by Crippen LogP contribution is 2.06. The standard InChI is InChI=1S/C8H19NO/c1-7(2)6-8(9)4-3-5-10/h7-8,10H,3-6,9H2,1-2H3. The summed E-state index contributed by atoms with van der Waals surface area (Å²) in [7, 11) is 0. The lowest BCUT2D eigenvalue weighted by molar-refractivity contribution is 0.276. The fourth-order valence-electron chi connectivity index (χ4n) is 1.08. The molecule has 0 aliphatic rings. The van der Waals surface area contributed by atoms with Crippen LogP contribution in [0.4, 0.5) is 0 Å². The summed E-state index contributed by atoms with van der Waals surface area (Å²) in [5.41, 5.74) is 5.75. The number of nitrogens with two attached hydrogens (primary N) is 1. The van der Waals surface area contributed by atoms with Crippen LogP contribution >= 0.6 is 0 Å². The van der Waals surface area contributed by atoms with E-state index < -0.39 is 0 Å². The van der Waals surface area contributed by atoms with Crippen LogP contribution in [0.1, 0.15) is 33.1 Å². The lowest BCUT2D eigenvalue weighted by Gasteiger charge is -2.12. The van der Waals surface area contributed by atoms with Crippen LogP contribution in [0, 0.1) is 5.92 Å². The third kappa shape index (κ3) is 6.05. The molecule has 0 fully saturated rings. The van der Waals surface area contributed by atoms with Crippen LogP contribution in [0.2, 0.25) is 0 Å². The molecule has 0 aromatic carbocycles. The van der Waals surface area contributed by atoms with Crippen molar-refractivity contribution in [2.24, 2.45) is 11.7 Å². The third-order valence-corrected chi connectivity index (χ3v) is 1.51. The molecule has 0 aromatic rings. The second-order valence-corrected chi connectivity index (χ2v) is 3.26. The van der Waals surface area contributed by atoms with Gasteiger partial charge in [-0.05, 0) is 25.2 Å². The molecule has 0 spiro atoms. The molecule has 2 nitrogen and oxygen atoms in total. The first-order chi connectivity index (χ1) is 4.66. The Labute approximate surface area is 63.4 Å². The number of hydrogen-bond acceptors (Lipinski definition) is 2. The predicted molar refractivity (Wildman–Crippen MR) is 43.8 cm³/mol. The first-order valence-electron chi connectivity index (χ1n) is 4.03. The highest BCUT2D eigenvalue weighted by molar-refractivity contribution is 4.62. The van der Waals surface area contributed by atoms with E-state index in [1.165, 1.54) is 0 Å². The SMILES string of the molecule is CC(C)CC(N)CCCO. The maximum absolute atomic E-state index is 8.49. The first kappa shape index (κ1) is 9.92. The quantitative estimate of drug-likeness (QED) is 0.609. The van der Waals surface area contributed by atoms with Gasteiger partial charge in [-0.15, -0.1) is 0 Å². The molecule has 3 N–H and O–H groups in total. The normalized spacial score (nSPS) is 14.1. The molecule has 0 saturated heterocycles. The van der Waals surface area contributed by atoms with Crippen LogP contribution in [0.3, 0.4) is 0 Å². The molecule has 0 rings (SSSR count). The lowest BCUT2D eigenvalue weighted by Crippen LogP contribution is -2.22. The highest BCUT2D eigenvalue weighted by atomic mass is 16.2. The fraction of sp³-hybridized carbons (Fsp3) is 1.00. The van der Waals surface area contributed by atoms with Crippen molar-refractivity contribution in [3.8, 4) is 0 Å². The van der Waals surface area contributed by atoms with Crippen molar-refractivity contribution in [3.63, 3.8) is 0 Å². The van der Waals surface area contributed by atoms with Crippen LogP contribution in [-0.2, 0) is 0 Å². The van der Waals surface area contributed by atoms with Gasteiger partial charge in [0.05, 0.1) is 0 Å². The predicted octanol–water partition coefficient (Wildman–Crippen LogP) is 1.13. The Kier molecular flexibility index (Phi) is 5.64. The van der Waals surface area contributed by atoms with Crippen LogP contribution in [-0.4, -0.2) is 17.8 Å². The van der Waals surface area contributed by atoms with Crippen LogP contribution < -0.4 is 5.73 Å². The van der Waals surface area contributed by atoms with Gasteiger partial charge in [0.2, 0.25) is 0 Å². The summed E-state index contributed by atoms with van der Waals surface area (Å²) in [6, 6.07) is 0.284. The molecule has 0 radical (unpaired) electrons. The summed E-state index contributed by atoms with van der Waals surface area (Å²) in [5, 5.41) is 8.49. The first-order valence-corrected chi connectivity index (χ1v) is 4.03. The summed E-state index contributed by atoms with van der Waals surface area (Å²) < 4.78 is 0. The molecule has 0 aromatic heterocycles. The van der Waals surface area contributed by atoms with E-state index in [-0.39, 0.29) is 12.6 Å². The van der Waals surface area contributed by atoms with Gasteiger partial charge in [-0.2, -0.15) is 0 Å². The topological polar surface area (TPSA) is 46.2 Å². The number of hydrogen-bond donors (Lipinski definition) is 2. The van der Waals surface area contributed by atoms with E-state index >= 15 is 0 Å². The zero-order valence-electron chi connectivity index (χ0n) is 7.01. The zero-order valence-corrected chi connectivity index (χ0v) is 7.01. The third-order valence-electron chi connectivity index (χ3n) is 1.51. The van der Waals surface area contributed by atoms with Crippen LogP contribution in [0.15, 0.2) is 0 Å². The fourth-order valence-corrected chi connectivity index (χ4v) is 1.08. The second-order valence-electron chi connectivity index (χ2n) is 3.26. The van der Waals surface area contributed by atoms with Gasteiger partial charge >= 0.3 is 0 Å². The lowest BCUT2D eigenvalue weighted by atomic mass is 10.0. The molecule has 0 heterocycles. The van der Waals surface area contributed by atoms with Gasteiger partial charge < -0.3 is 10.8 Å². The Morgan fingerprint density at radius 1 is 1.40 bits per heavy atom. The Morgan fingerprint density at radius 2 is 2.00 bits per heavy atom. The van der Waals surface area contributed by atoms with Crippen molar-refractivity contribution in [1.82, 2.24) is 0 Å². The largest absolute Gasteiger partial charge is 0.396 e. The van der Waals surface area contributed by atoms with Gasteiger partial charge in [0.1, 0.15) is 0 Å². The average Bonchev–Trinajstić information content (AvgIpc) is 1.82. The molecule has 0 bridgehead atoms. The van der Waals surface area contributed by atoms with E-state index in [0.717, 1.165) is 19.3 Å². The van der Waals surface area contributed by atoms with Crippen molar-refractivity contribution in [2.75, 3.05) is 6.61 Å². The van der Waals surface area contributed by atoms with E-state index in [2.05, 4.69) is 13.8 Å². The Balaban J connectivity index is 3.16. The van der Waals surface area contributed by atoms with Gasteiger partial charge in [0.15, 0.2) is 0 Å². The molecular formula is C8H19NO. The maximum Gasteiger partial charge on any atom is 0.0431 e. The minimum atomic E-state index is 0.270. The summed E-state index contributed by atoms with van der Waals surface area (Å²) in [6.45, 7) is 4.60. The van der Waals surface area contributed by atoms with Crippen LogP contribution in [0.5, 0.6) is 0 Å². The zero-order chi connectivity index (χ0) is 7.98. The number of aliphatic hydroxyl groups excluding tert-OH is 1. The van der Waals surface area contributed by atoms with Crippen molar-refractivity contribution in [3.05, 3.63) is 0 Å². The Bertz CT molecular complexity index is 73.7. The van der Waals surface area contributed by atoms with E-state index in [1.807, 2.05) is 0 Å². The monoisotopic (exact) mass is 145 g/mol. The molecular weight excluding hydrogens is 126 g/mol. The maximum atomic E-state index is 8.49. The van der Waals surface area contributed by atoms with Gasteiger partial charge in [-0.25, -0.2) is 0 Å². The van der Waals surface area contributed by atoms with Crippen LogP contribution in [0.25, 0.3) is 0 Å². The second kappa shape index (κ2) is 5.69. The molecule has 0 aliphatic carbocycles. The van der Waals surface area contributed by atoms with Gasteiger partial charge in [0.25, 0.3) is 0 Å². The summed E-state index contributed by atoms with van der Waals surface area (Å²) in [5.74, 6) is 0.675. The van der Waals surface area contributed by atoms with Gasteiger partial charge in [0, 0.05) is 12.6 Å². The highest BCUT2D eigenvalue weighted by Gasteiger charge is 2.03. The Morgan fingerprint density at radius 3 is 2.40 bits per heavy atom. The van der Waals surface area contributed by atoms with Crippen molar-refractivity contribution in [1.29, 1.82) is 0 Å². The van der Waals surface area contributed by atoms with E-state index in [9.17, 15) is 0 Å². The molecule has 1 unspecified atom stereocenters. The van der Waals surface area contributed by atoms with Gasteiger partial charge in [-0.1, -0.05) is 13.8 Å². The van der Waals surface area contributed by atoms with Gasteiger partial charge in [-0.3, -0.25) is 0 Å². The number of rotatable bonds is 5. The summed E-state index contributed by atoms with van der Waals surface area (Å²) >= 11 is 0. The number of aliphatic hydroxyl groups is 1. The molecule has 0 aliphatic heterocycles. The van der Waals surface area contributed by atoms with Crippen molar-refractivity contribution >= 4 is 0 Å². The molecule has 0 amide bonds. The summed E-state index contributed by atoms with van der Waals surface area (Å²) in [4.78, 5) is 0. The molecule has 62 valence electrons. The summed E-state index contributed by atoms with van der Waals surface area (Å²) in [6.07, 6.45) is 2.86. The minimum Gasteiger partial charge on any atom is -0.396 e. The van der Waals surface area contributed by atoms with Crippen molar-refractivity contribution in [2.45, 2.75) is 39.2 Å². The Hall–Kier alpha value is -0.0800. The minimum absolute atomic E-state index is 0.270.